The number of aromatic nitrogens is 4. The molecule has 2 aromatic heterocycles. The van der Waals surface area contributed by atoms with Crippen LogP contribution in [0.2, 0.25) is 0 Å². The molecule has 0 aliphatic rings. The molecule has 88 valence electrons. The van der Waals surface area contributed by atoms with Gasteiger partial charge in [0.15, 0.2) is 11.6 Å². The van der Waals surface area contributed by atoms with Crippen molar-refractivity contribution in [2.75, 3.05) is 5.73 Å². The minimum Gasteiger partial charge on any atom is -0.382 e. The largest absolute Gasteiger partial charge is 0.382 e. The van der Waals surface area contributed by atoms with Gasteiger partial charge in [0, 0.05) is 0 Å². The van der Waals surface area contributed by atoms with E-state index in [2.05, 4.69) is 15.1 Å². The standard InChI is InChI=1S/C11H13N5O/c1-6-11(8(3)17)7(2)16(15-6)10-5-13-9(12)4-14-10/h4-5H,1-3H3,(H2,12,13). The molecular formula is C11H13N5O. The number of aryl methyl sites for hydroxylation is 1. The van der Waals surface area contributed by atoms with E-state index in [4.69, 9.17) is 5.73 Å². The molecule has 0 saturated heterocycles. The van der Waals surface area contributed by atoms with Gasteiger partial charge < -0.3 is 5.73 Å². The van der Waals surface area contributed by atoms with Crippen LogP contribution in [0.5, 0.6) is 0 Å². The Morgan fingerprint density at radius 2 is 2.00 bits per heavy atom. The lowest BCUT2D eigenvalue weighted by Gasteiger charge is -2.02. The number of hydrogen-bond acceptors (Lipinski definition) is 5. The minimum atomic E-state index is -0.00495. The van der Waals surface area contributed by atoms with Crippen LogP contribution in [0.25, 0.3) is 5.82 Å². The maximum Gasteiger partial charge on any atom is 0.172 e. The van der Waals surface area contributed by atoms with Gasteiger partial charge >= 0.3 is 0 Å². The Hall–Kier alpha value is -2.24. The van der Waals surface area contributed by atoms with Crippen molar-refractivity contribution in [2.24, 2.45) is 0 Å². The Morgan fingerprint density at radius 1 is 1.29 bits per heavy atom. The zero-order valence-electron chi connectivity index (χ0n) is 9.93. The molecule has 0 aliphatic heterocycles. The summed E-state index contributed by atoms with van der Waals surface area (Å²) in [6, 6.07) is 0. The van der Waals surface area contributed by atoms with Gasteiger partial charge in [-0.05, 0) is 20.8 Å². The maximum absolute atomic E-state index is 11.5. The van der Waals surface area contributed by atoms with Crippen LogP contribution in [0.15, 0.2) is 12.4 Å². The van der Waals surface area contributed by atoms with Crippen molar-refractivity contribution in [3.63, 3.8) is 0 Å². The molecule has 0 unspecified atom stereocenters. The topological polar surface area (TPSA) is 86.7 Å². The lowest BCUT2D eigenvalue weighted by Crippen LogP contribution is -2.04. The molecular weight excluding hydrogens is 218 g/mol. The molecule has 0 aliphatic carbocycles. The van der Waals surface area contributed by atoms with Crippen LogP contribution in [-0.4, -0.2) is 25.5 Å². The number of nitrogen functional groups attached to an aromatic ring is 1. The summed E-state index contributed by atoms with van der Waals surface area (Å²) in [5.41, 5.74) is 7.54. The summed E-state index contributed by atoms with van der Waals surface area (Å²) in [6.45, 7) is 5.15. The first-order chi connectivity index (χ1) is 8.00. The third-order valence-corrected chi connectivity index (χ3v) is 2.52. The number of hydrogen-bond donors (Lipinski definition) is 1. The molecule has 17 heavy (non-hydrogen) atoms. The number of rotatable bonds is 2. The van der Waals surface area contributed by atoms with Gasteiger partial charge in [-0.15, -0.1) is 0 Å². The molecule has 0 amide bonds. The highest BCUT2D eigenvalue weighted by atomic mass is 16.1. The minimum absolute atomic E-state index is 0.00495. The van der Waals surface area contributed by atoms with Crippen molar-refractivity contribution in [3.8, 4) is 5.82 Å². The normalized spacial score (nSPS) is 10.5. The maximum atomic E-state index is 11.5. The fourth-order valence-electron chi connectivity index (χ4n) is 1.82. The molecule has 2 heterocycles. The highest BCUT2D eigenvalue weighted by Gasteiger charge is 2.16. The molecule has 0 spiro atoms. The van der Waals surface area contributed by atoms with Gasteiger partial charge in [-0.3, -0.25) is 4.79 Å². The second-order valence-electron chi connectivity index (χ2n) is 3.81. The summed E-state index contributed by atoms with van der Waals surface area (Å²) < 4.78 is 1.60. The Bertz CT molecular complexity index is 570. The van der Waals surface area contributed by atoms with Crippen molar-refractivity contribution in [2.45, 2.75) is 20.8 Å². The van der Waals surface area contributed by atoms with Crippen molar-refractivity contribution in [1.29, 1.82) is 0 Å². The molecule has 0 radical (unpaired) electrons. The van der Waals surface area contributed by atoms with E-state index in [-0.39, 0.29) is 5.78 Å². The van der Waals surface area contributed by atoms with E-state index in [9.17, 15) is 4.79 Å². The molecule has 0 aromatic carbocycles. The van der Waals surface area contributed by atoms with E-state index in [0.717, 1.165) is 5.69 Å². The Labute approximate surface area is 98.5 Å². The van der Waals surface area contributed by atoms with Crippen LogP contribution in [0.3, 0.4) is 0 Å². The van der Waals surface area contributed by atoms with E-state index in [0.29, 0.717) is 22.9 Å². The first-order valence-electron chi connectivity index (χ1n) is 5.15. The van der Waals surface area contributed by atoms with Crippen LogP contribution >= 0.6 is 0 Å². The van der Waals surface area contributed by atoms with Crippen molar-refractivity contribution in [1.82, 2.24) is 19.7 Å². The van der Waals surface area contributed by atoms with E-state index >= 15 is 0 Å². The van der Waals surface area contributed by atoms with Crippen LogP contribution in [0.4, 0.5) is 5.82 Å². The first kappa shape index (κ1) is 11.3. The summed E-state index contributed by atoms with van der Waals surface area (Å²) >= 11 is 0. The van der Waals surface area contributed by atoms with Crippen LogP contribution in [0.1, 0.15) is 28.7 Å². The van der Waals surface area contributed by atoms with Gasteiger partial charge in [-0.2, -0.15) is 5.10 Å². The number of carbonyl (C=O) groups excluding carboxylic acids is 1. The van der Waals surface area contributed by atoms with Gasteiger partial charge in [0.2, 0.25) is 0 Å². The van der Waals surface area contributed by atoms with Crippen LogP contribution < -0.4 is 5.73 Å². The predicted molar refractivity (Wildman–Crippen MR) is 63.0 cm³/mol. The molecule has 6 heteroatoms. The quantitative estimate of drug-likeness (QED) is 0.781. The van der Waals surface area contributed by atoms with E-state index in [1.165, 1.54) is 19.3 Å². The predicted octanol–water partition coefficient (Wildman–Crippen LogP) is 1.06. The van der Waals surface area contributed by atoms with Gasteiger partial charge in [-0.1, -0.05) is 0 Å². The number of carbonyl (C=O) groups is 1. The zero-order chi connectivity index (χ0) is 12.6. The average Bonchev–Trinajstić information content (AvgIpc) is 2.55. The summed E-state index contributed by atoms with van der Waals surface area (Å²) in [5, 5.41) is 4.28. The van der Waals surface area contributed by atoms with Crippen LogP contribution in [0, 0.1) is 13.8 Å². The SMILES string of the molecule is CC(=O)c1c(C)nn(-c2cnc(N)cn2)c1C. The van der Waals surface area contributed by atoms with Crippen LogP contribution in [-0.2, 0) is 0 Å². The second-order valence-corrected chi connectivity index (χ2v) is 3.81. The van der Waals surface area contributed by atoms with E-state index in [1.54, 1.807) is 11.6 Å². The zero-order valence-corrected chi connectivity index (χ0v) is 9.93. The molecule has 0 fully saturated rings. The fourth-order valence-corrected chi connectivity index (χ4v) is 1.82. The summed E-state index contributed by atoms with van der Waals surface area (Å²) in [5.74, 6) is 0.893. The molecule has 2 N–H and O–H groups in total. The number of nitrogens with zero attached hydrogens (tertiary/aromatic N) is 4. The molecule has 2 rings (SSSR count). The highest BCUT2D eigenvalue weighted by Crippen LogP contribution is 2.16. The van der Waals surface area contributed by atoms with Gasteiger partial charge in [0.25, 0.3) is 0 Å². The number of anilines is 1. The summed E-state index contributed by atoms with van der Waals surface area (Å²) in [7, 11) is 0. The lowest BCUT2D eigenvalue weighted by molar-refractivity contribution is 0.101. The van der Waals surface area contributed by atoms with E-state index < -0.39 is 0 Å². The third-order valence-electron chi connectivity index (χ3n) is 2.52. The monoisotopic (exact) mass is 231 g/mol. The first-order valence-corrected chi connectivity index (χ1v) is 5.15. The average molecular weight is 231 g/mol. The summed E-state index contributed by atoms with van der Waals surface area (Å²) in [4.78, 5) is 19.6. The Kier molecular flexibility index (Phi) is 2.63. The van der Waals surface area contributed by atoms with Crippen molar-refractivity contribution in [3.05, 3.63) is 29.3 Å². The Morgan fingerprint density at radius 3 is 2.47 bits per heavy atom. The Balaban J connectivity index is 2.57. The van der Waals surface area contributed by atoms with Gasteiger partial charge in [-0.25, -0.2) is 14.6 Å². The van der Waals surface area contributed by atoms with E-state index in [1.807, 2.05) is 6.92 Å². The lowest BCUT2D eigenvalue weighted by atomic mass is 10.1. The molecule has 0 saturated carbocycles. The fraction of sp³-hybridized carbons (Fsp3) is 0.273. The third kappa shape index (κ3) is 1.89. The summed E-state index contributed by atoms with van der Waals surface area (Å²) in [6.07, 6.45) is 2.98. The number of Topliss-reactive ketones (excluding diaryl/α,β-unsaturated/α-hetero) is 1. The smallest absolute Gasteiger partial charge is 0.172 e. The van der Waals surface area contributed by atoms with Crippen molar-refractivity contribution >= 4 is 11.6 Å². The van der Waals surface area contributed by atoms with Gasteiger partial charge in [0.05, 0.1) is 29.3 Å². The molecule has 6 nitrogen and oxygen atoms in total. The molecule has 0 atom stereocenters. The number of nitrogens with two attached hydrogens (primary N) is 1. The highest BCUT2D eigenvalue weighted by molar-refractivity contribution is 5.96. The van der Waals surface area contributed by atoms with Crippen molar-refractivity contribution < 1.29 is 4.79 Å². The van der Waals surface area contributed by atoms with Gasteiger partial charge in [0.1, 0.15) is 5.82 Å². The molecule has 0 bridgehead atoms. The molecule has 2 aromatic rings. The second kappa shape index (κ2) is 3.97. The number of ketones is 1.